The van der Waals surface area contributed by atoms with Gasteiger partial charge in [-0.25, -0.2) is 18.3 Å². The molecule has 190 valence electrons. The highest BCUT2D eigenvalue weighted by molar-refractivity contribution is 6.08. The summed E-state index contributed by atoms with van der Waals surface area (Å²) in [5.41, 5.74) is 0.915. The van der Waals surface area contributed by atoms with Crippen LogP contribution in [0.5, 0.6) is 11.5 Å². The van der Waals surface area contributed by atoms with Crippen molar-refractivity contribution in [2.24, 2.45) is 0 Å². The Kier molecular flexibility index (Phi) is 6.48. The van der Waals surface area contributed by atoms with Gasteiger partial charge in [-0.1, -0.05) is 42.5 Å². The topological polar surface area (TPSA) is 112 Å². The molecule has 0 aliphatic rings. The second kappa shape index (κ2) is 10.1. The van der Waals surface area contributed by atoms with Gasteiger partial charge in [-0.3, -0.25) is 14.9 Å². The van der Waals surface area contributed by atoms with Gasteiger partial charge in [-0.2, -0.15) is 5.10 Å². The molecular weight excluding hydrogens is 496 g/mol. The SMILES string of the molecule is Cc1cccc(Oc2cc(NC(=O)c3cnn4c(C(F)F)cc(-c5ccccc5)nc34)cc([N+](=O)[O-])c2)c1. The lowest BCUT2D eigenvalue weighted by molar-refractivity contribution is -0.384. The molecule has 5 rings (SSSR count). The third-order valence-electron chi connectivity index (χ3n) is 5.62. The first-order valence-electron chi connectivity index (χ1n) is 11.4. The summed E-state index contributed by atoms with van der Waals surface area (Å²) >= 11 is 0. The summed E-state index contributed by atoms with van der Waals surface area (Å²) in [6.07, 6.45) is -1.75. The highest BCUT2D eigenvalue weighted by Gasteiger charge is 2.22. The zero-order valence-corrected chi connectivity index (χ0v) is 19.8. The first kappa shape index (κ1) is 24.5. The molecule has 0 aliphatic carbocycles. The van der Waals surface area contributed by atoms with E-state index >= 15 is 0 Å². The number of nitrogens with zero attached hydrogens (tertiary/aromatic N) is 4. The van der Waals surface area contributed by atoms with Crippen LogP contribution in [0.4, 0.5) is 20.2 Å². The average molecular weight is 515 g/mol. The number of anilines is 1. The van der Waals surface area contributed by atoms with E-state index in [2.05, 4.69) is 15.4 Å². The Hall–Kier alpha value is -5.19. The Bertz CT molecular complexity index is 1670. The van der Waals surface area contributed by atoms with E-state index in [0.717, 1.165) is 16.3 Å². The van der Waals surface area contributed by atoms with Gasteiger partial charge in [0.25, 0.3) is 18.0 Å². The molecule has 38 heavy (non-hydrogen) atoms. The maximum Gasteiger partial charge on any atom is 0.280 e. The van der Waals surface area contributed by atoms with E-state index in [4.69, 9.17) is 4.74 Å². The molecule has 5 aromatic rings. The number of nitro groups is 1. The lowest BCUT2D eigenvalue weighted by Crippen LogP contribution is -2.13. The quantitative estimate of drug-likeness (QED) is 0.193. The molecule has 0 radical (unpaired) electrons. The summed E-state index contributed by atoms with van der Waals surface area (Å²) in [4.78, 5) is 28.5. The van der Waals surface area contributed by atoms with Gasteiger partial charge < -0.3 is 10.1 Å². The average Bonchev–Trinajstić information content (AvgIpc) is 3.32. The first-order valence-corrected chi connectivity index (χ1v) is 11.4. The van der Waals surface area contributed by atoms with Crippen molar-refractivity contribution in [1.82, 2.24) is 14.6 Å². The minimum Gasteiger partial charge on any atom is -0.457 e. The van der Waals surface area contributed by atoms with E-state index in [9.17, 15) is 23.7 Å². The number of nitrogens with one attached hydrogen (secondary N) is 1. The van der Waals surface area contributed by atoms with Crippen molar-refractivity contribution >= 4 is 22.9 Å². The number of nitro benzene ring substituents is 1. The van der Waals surface area contributed by atoms with Crippen LogP contribution in [0.1, 0.15) is 28.0 Å². The fourth-order valence-electron chi connectivity index (χ4n) is 3.89. The molecule has 0 fully saturated rings. The van der Waals surface area contributed by atoms with Crippen molar-refractivity contribution in [2.75, 3.05) is 5.32 Å². The van der Waals surface area contributed by atoms with Crippen LogP contribution in [0.2, 0.25) is 0 Å². The zero-order chi connectivity index (χ0) is 26.8. The summed E-state index contributed by atoms with van der Waals surface area (Å²) in [7, 11) is 0. The van der Waals surface area contributed by atoms with Crippen LogP contribution >= 0.6 is 0 Å². The van der Waals surface area contributed by atoms with Gasteiger partial charge >= 0.3 is 0 Å². The highest BCUT2D eigenvalue weighted by atomic mass is 19.3. The number of aromatic nitrogens is 3. The summed E-state index contributed by atoms with van der Waals surface area (Å²) in [5, 5.41) is 18.0. The number of amides is 1. The minimum absolute atomic E-state index is 0.0690. The molecule has 0 saturated carbocycles. The van der Waals surface area contributed by atoms with E-state index in [1.54, 1.807) is 48.5 Å². The van der Waals surface area contributed by atoms with Crippen LogP contribution in [0.3, 0.4) is 0 Å². The molecule has 2 aromatic heterocycles. The summed E-state index contributed by atoms with van der Waals surface area (Å²) in [6, 6.07) is 20.8. The van der Waals surface area contributed by atoms with Gasteiger partial charge in [0.2, 0.25) is 0 Å². The molecule has 2 heterocycles. The van der Waals surface area contributed by atoms with Crippen LogP contribution in [0, 0.1) is 17.0 Å². The predicted octanol–water partition coefficient (Wildman–Crippen LogP) is 6.60. The van der Waals surface area contributed by atoms with Crippen molar-refractivity contribution in [3.63, 3.8) is 0 Å². The number of ether oxygens (including phenoxy) is 1. The van der Waals surface area contributed by atoms with Crippen LogP contribution in [-0.2, 0) is 0 Å². The van der Waals surface area contributed by atoms with Crippen molar-refractivity contribution in [2.45, 2.75) is 13.3 Å². The van der Waals surface area contributed by atoms with E-state index in [1.165, 1.54) is 24.3 Å². The van der Waals surface area contributed by atoms with Crippen LogP contribution < -0.4 is 10.1 Å². The smallest absolute Gasteiger partial charge is 0.280 e. The summed E-state index contributed by atoms with van der Waals surface area (Å²) in [6.45, 7) is 1.87. The number of alkyl halides is 2. The maximum atomic E-state index is 13.9. The Morgan fingerprint density at radius 1 is 1.03 bits per heavy atom. The van der Waals surface area contributed by atoms with Crippen molar-refractivity contribution in [3.05, 3.63) is 112 Å². The number of carbonyl (C=O) groups is 1. The molecule has 0 saturated heterocycles. The second-order valence-corrected chi connectivity index (χ2v) is 8.37. The first-order chi connectivity index (χ1) is 18.3. The van der Waals surface area contributed by atoms with E-state index in [0.29, 0.717) is 11.3 Å². The lowest BCUT2D eigenvalue weighted by Gasteiger charge is -2.10. The molecule has 0 aliphatic heterocycles. The van der Waals surface area contributed by atoms with E-state index in [-0.39, 0.29) is 34.0 Å². The van der Waals surface area contributed by atoms with Gasteiger partial charge in [0, 0.05) is 17.7 Å². The normalized spacial score (nSPS) is 11.1. The van der Waals surface area contributed by atoms with Gasteiger partial charge in [0.15, 0.2) is 5.65 Å². The molecule has 0 atom stereocenters. The number of rotatable bonds is 7. The molecular formula is C27H19F2N5O4. The number of halogens is 2. The Morgan fingerprint density at radius 2 is 1.82 bits per heavy atom. The van der Waals surface area contributed by atoms with Crippen molar-refractivity contribution < 1.29 is 23.2 Å². The summed E-state index contributed by atoms with van der Waals surface area (Å²) in [5.74, 6) is -0.146. The Balaban J connectivity index is 1.52. The molecule has 9 nitrogen and oxygen atoms in total. The predicted molar refractivity (Wildman–Crippen MR) is 136 cm³/mol. The van der Waals surface area contributed by atoms with Crippen LogP contribution in [0.15, 0.2) is 85.1 Å². The Labute approximate surface area is 214 Å². The number of fused-ring (bicyclic) bond motifs is 1. The number of hydrogen-bond donors (Lipinski definition) is 1. The molecule has 3 aromatic carbocycles. The molecule has 1 amide bonds. The van der Waals surface area contributed by atoms with Crippen LogP contribution in [0.25, 0.3) is 16.9 Å². The number of non-ortho nitro benzene ring substituents is 1. The number of hydrogen-bond acceptors (Lipinski definition) is 6. The third-order valence-corrected chi connectivity index (χ3v) is 5.62. The molecule has 0 unspecified atom stereocenters. The third kappa shape index (κ3) is 5.03. The van der Waals surface area contributed by atoms with Gasteiger partial charge in [-0.15, -0.1) is 0 Å². The number of aryl methyl sites for hydroxylation is 1. The standard InChI is InChI=1S/C27H19F2N5O4/c1-16-6-5-9-20(10-16)38-21-12-18(11-19(13-21)34(36)37)31-27(35)22-15-30-33-24(25(28)29)14-23(32-26(22)33)17-7-3-2-4-8-17/h2-15,25H,1H3,(H,31,35). The second-order valence-electron chi connectivity index (χ2n) is 8.37. The van der Waals surface area contributed by atoms with Gasteiger partial charge in [0.1, 0.15) is 22.8 Å². The monoisotopic (exact) mass is 515 g/mol. The highest BCUT2D eigenvalue weighted by Crippen LogP contribution is 2.31. The minimum atomic E-state index is -2.88. The fraction of sp³-hybridized carbons (Fsp3) is 0.0741. The lowest BCUT2D eigenvalue weighted by atomic mass is 10.1. The summed E-state index contributed by atoms with van der Waals surface area (Å²) < 4.78 is 34.4. The molecule has 0 spiro atoms. The Morgan fingerprint density at radius 3 is 2.53 bits per heavy atom. The molecule has 1 N–H and O–H groups in total. The van der Waals surface area contributed by atoms with Crippen LogP contribution in [-0.4, -0.2) is 25.4 Å². The largest absolute Gasteiger partial charge is 0.457 e. The molecule has 11 heteroatoms. The number of carbonyl (C=O) groups excluding carboxylic acids is 1. The molecule has 0 bridgehead atoms. The number of benzene rings is 3. The zero-order valence-electron chi connectivity index (χ0n) is 19.8. The fourth-order valence-corrected chi connectivity index (χ4v) is 3.89. The van der Waals surface area contributed by atoms with Gasteiger partial charge in [-0.05, 0) is 30.7 Å². The van der Waals surface area contributed by atoms with Crippen molar-refractivity contribution in [1.29, 1.82) is 0 Å². The van der Waals surface area contributed by atoms with Gasteiger partial charge in [0.05, 0.1) is 28.6 Å². The maximum absolute atomic E-state index is 13.9. The van der Waals surface area contributed by atoms with Crippen molar-refractivity contribution in [3.8, 4) is 22.8 Å². The van der Waals surface area contributed by atoms with E-state index in [1.807, 2.05) is 13.0 Å². The van der Waals surface area contributed by atoms with E-state index < -0.39 is 22.9 Å².